The number of hydrogen-bond donors (Lipinski definition) is 0. The van der Waals surface area contributed by atoms with E-state index in [0.29, 0.717) is 0 Å². The molecule has 0 spiro atoms. The minimum absolute atomic E-state index is 1.08. The molecule has 10 rings (SSSR count). The maximum atomic E-state index is 2.41. The van der Waals surface area contributed by atoms with E-state index in [9.17, 15) is 0 Å². The van der Waals surface area contributed by atoms with Crippen molar-refractivity contribution in [1.82, 2.24) is 4.57 Å². The number of aromatic nitrogens is 1. The van der Waals surface area contributed by atoms with E-state index < -0.39 is 0 Å². The first-order valence-electron chi connectivity index (χ1n) is 19.2. The van der Waals surface area contributed by atoms with Crippen LogP contribution in [0.25, 0.3) is 72.0 Å². The molecule has 0 saturated heterocycles. The molecule has 9 aromatic carbocycles. The van der Waals surface area contributed by atoms with Gasteiger partial charge in [0.05, 0.1) is 16.7 Å². The normalized spacial score (nSPS) is 11.2. The second kappa shape index (κ2) is 14.4. The quantitative estimate of drug-likeness (QED) is 0.152. The van der Waals surface area contributed by atoms with Gasteiger partial charge in [0.15, 0.2) is 0 Å². The monoisotopic (exact) mass is 714 g/mol. The number of anilines is 3. The smallest absolute Gasteiger partial charge is 0.0541 e. The van der Waals surface area contributed by atoms with Crippen LogP contribution in [0.1, 0.15) is 0 Å². The van der Waals surface area contributed by atoms with Gasteiger partial charge in [-0.1, -0.05) is 176 Å². The number of para-hydroxylation sites is 3. The standard InChI is InChI=1S/C54H38N2/c1-4-17-39(18-5-1)40-31-33-44(34-32-40)55(52-28-13-10-25-48(52)42-21-8-3-9-22-42)46-35-36-47(41-19-6-2-7-20-41)51(38-46)43-23-16-24-45(37-43)56-53-29-14-11-26-49(53)50-27-12-15-30-54(50)56/h1-38H. The van der Waals surface area contributed by atoms with Gasteiger partial charge in [0.1, 0.15) is 0 Å². The van der Waals surface area contributed by atoms with Crippen LogP contribution >= 0.6 is 0 Å². The Kier molecular flexibility index (Phi) is 8.55. The predicted octanol–water partition coefficient (Wildman–Crippen LogP) is 14.9. The Morgan fingerprint density at radius 1 is 0.286 bits per heavy atom. The maximum absolute atomic E-state index is 2.41. The minimum Gasteiger partial charge on any atom is -0.310 e. The third-order valence-corrected chi connectivity index (χ3v) is 10.8. The molecule has 0 aliphatic carbocycles. The molecule has 1 heterocycles. The summed E-state index contributed by atoms with van der Waals surface area (Å²) in [5.74, 6) is 0. The third kappa shape index (κ3) is 6.04. The van der Waals surface area contributed by atoms with Gasteiger partial charge in [0.25, 0.3) is 0 Å². The van der Waals surface area contributed by atoms with E-state index in [1.54, 1.807) is 0 Å². The number of benzene rings is 9. The Morgan fingerprint density at radius 3 is 1.45 bits per heavy atom. The highest BCUT2D eigenvalue weighted by Gasteiger charge is 2.20. The van der Waals surface area contributed by atoms with Gasteiger partial charge in [0.2, 0.25) is 0 Å². The molecule has 2 heteroatoms. The number of rotatable bonds is 8. The molecule has 0 aliphatic rings. The average Bonchev–Trinajstić information content (AvgIpc) is 3.62. The van der Waals surface area contributed by atoms with Crippen molar-refractivity contribution in [3.05, 3.63) is 231 Å². The summed E-state index contributed by atoms with van der Waals surface area (Å²) < 4.78 is 2.40. The molecule has 2 nitrogen and oxygen atoms in total. The van der Waals surface area contributed by atoms with Crippen molar-refractivity contribution in [1.29, 1.82) is 0 Å². The third-order valence-electron chi connectivity index (χ3n) is 10.8. The summed E-state index contributed by atoms with van der Waals surface area (Å²) in [5.41, 5.74) is 16.2. The lowest BCUT2D eigenvalue weighted by Crippen LogP contribution is -2.11. The van der Waals surface area contributed by atoms with E-state index in [2.05, 4.69) is 240 Å². The van der Waals surface area contributed by atoms with Crippen molar-refractivity contribution in [2.75, 3.05) is 4.90 Å². The summed E-state index contributed by atoms with van der Waals surface area (Å²) in [4.78, 5) is 2.41. The zero-order valence-corrected chi connectivity index (χ0v) is 30.8. The highest BCUT2D eigenvalue weighted by molar-refractivity contribution is 6.09. The van der Waals surface area contributed by atoms with Crippen molar-refractivity contribution in [2.45, 2.75) is 0 Å². The Hall–Kier alpha value is -7.42. The SMILES string of the molecule is c1ccc(-c2ccc(N(c3ccc(-c4ccccc4)c(-c4cccc(-n5c6ccccc6c6ccccc65)c4)c3)c3ccccc3-c3ccccc3)cc2)cc1. The van der Waals surface area contributed by atoms with Crippen molar-refractivity contribution in [3.63, 3.8) is 0 Å². The van der Waals surface area contributed by atoms with Crippen molar-refractivity contribution in [3.8, 4) is 50.2 Å². The van der Waals surface area contributed by atoms with Gasteiger partial charge in [-0.25, -0.2) is 0 Å². The highest BCUT2D eigenvalue weighted by Crippen LogP contribution is 2.45. The summed E-state index contributed by atoms with van der Waals surface area (Å²) in [6.07, 6.45) is 0. The van der Waals surface area contributed by atoms with Crippen LogP contribution in [-0.4, -0.2) is 4.57 Å². The molecular formula is C54H38N2. The van der Waals surface area contributed by atoms with E-state index in [0.717, 1.165) is 28.3 Å². The number of hydrogen-bond acceptors (Lipinski definition) is 1. The van der Waals surface area contributed by atoms with Crippen LogP contribution in [0.3, 0.4) is 0 Å². The van der Waals surface area contributed by atoms with Crippen LogP contribution in [0.4, 0.5) is 17.1 Å². The zero-order chi connectivity index (χ0) is 37.3. The van der Waals surface area contributed by atoms with Gasteiger partial charge < -0.3 is 9.47 Å². The summed E-state index contributed by atoms with van der Waals surface area (Å²) in [7, 11) is 0. The molecule has 0 atom stereocenters. The average molecular weight is 715 g/mol. The van der Waals surface area contributed by atoms with Crippen molar-refractivity contribution < 1.29 is 0 Å². The molecule has 0 radical (unpaired) electrons. The molecule has 264 valence electrons. The lowest BCUT2D eigenvalue weighted by Gasteiger charge is -2.29. The lowest BCUT2D eigenvalue weighted by molar-refractivity contribution is 1.18. The predicted molar refractivity (Wildman–Crippen MR) is 237 cm³/mol. The van der Waals surface area contributed by atoms with Gasteiger partial charge in [0, 0.05) is 33.4 Å². The van der Waals surface area contributed by atoms with Gasteiger partial charge in [-0.2, -0.15) is 0 Å². The van der Waals surface area contributed by atoms with Gasteiger partial charge in [-0.15, -0.1) is 0 Å². The van der Waals surface area contributed by atoms with Crippen LogP contribution in [0.15, 0.2) is 231 Å². The second-order valence-electron chi connectivity index (χ2n) is 14.1. The Bertz CT molecular complexity index is 2890. The maximum Gasteiger partial charge on any atom is 0.0541 e. The summed E-state index contributed by atoms with van der Waals surface area (Å²) in [5, 5.41) is 2.51. The molecule has 0 unspecified atom stereocenters. The van der Waals surface area contributed by atoms with E-state index in [1.165, 1.54) is 60.8 Å². The summed E-state index contributed by atoms with van der Waals surface area (Å²) in [6, 6.07) is 83.1. The molecule has 56 heavy (non-hydrogen) atoms. The largest absolute Gasteiger partial charge is 0.310 e. The molecule has 0 N–H and O–H groups in total. The Morgan fingerprint density at radius 2 is 0.786 bits per heavy atom. The number of nitrogens with zero attached hydrogens (tertiary/aromatic N) is 2. The molecule has 0 fully saturated rings. The first-order chi connectivity index (χ1) is 27.8. The fourth-order valence-corrected chi connectivity index (χ4v) is 8.18. The zero-order valence-electron chi connectivity index (χ0n) is 30.8. The Balaban J connectivity index is 1.18. The van der Waals surface area contributed by atoms with Gasteiger partial charge in [-0.05, 0) is 93.5 Å². The molecular weight excluding hydrogens is 677 g/mol. The second-order valence-corrected chi connectivity index (χ2v) is 14.1. The lowest BCUT2D eigenvalue weighted by atomic mass is 9.93. The van der Waals surface area contributed by atoms with Crippen LogP contribution in [0, 0.1) is 0 Å². The number of fused-ring (bicyclic) bond motifs is 3. The molecule has 0 saturated carbocycles. The van der Waals surface area contributed by atoms with Crippen LogP contribution in [0.5, 0.6) is 0 Å². The summed E-state index contributed by atoms with van der Waals surface area (Å²) in [6.45, 7) is 0. The van der Waals surface area contributed by atoms with Crippen LogP contribution in [-0.2, 0) is 0 Å². The fraction of sp³-hybridized carbons (Fsp3) is 0. The van der Waals surface area contributed by atoms with E-state index in [4.69, 9.17) is 0 Å². The van der Waals surface area contributed by atoms with Crippen LogP contribution in [0.2, 0.25) is 0 Å². The van der Waals surface area contributed by atoms with E-state index in [-0.39, 0.29) is 0 Å². The first kappa shape index (κ1) is 33.2. The van der Waals surface area contributed by atoms with Crippen molar-refractivity contribution in [2.24, 2.45) is 0 Å². The summed E-state index contributed by atoms with van der Waals surface area (Å²) >= 11 is 0. The van der Waals surface area contributed by atoms with Gasteiger partial charge in [-0.3, -0.25) is 0 Å². The topological polar surface area (TPSA) is 8.17 Å². The van der Waals surface area contributed by atoms with E-state index in [1.807, 2.05) is 0 Å². The molecule has 10 aromatic rings. The first-order valence-corrected chi connectivity index (χ1v) is 19.2. The minimum atomic E-state index is 1.08. The molecule has 0 amide bonds. The molecule has 0 aliphatic heterocycles. The van der Waals surface area contributed by atoms with Crippen LogP contribution < -0.4 is 4.90 Å². The molecule has 1 aromatic heterocycles. The van der Waals surface area contributed by atoms with Gasteiger partial charge >= 0.3 is 0 Å². The Labute approximate surface area is 327 Å². The molecule has 0 bridgehead atoms. The van der Waals surface area contributed by atoms with Crippen molar-refractivity contribution >= 4 is 38.9 Å². The highest BCUT2D eigenvalue weighted by atomic mass is 15.1. The fourth-order valence-electron chi connectivity index (χ4n) is 8.18. The van der Waals surface area contributed by atoms with E-state index >= 15 is 0 Å².